The lowest BCUT2D eigenvalue weighted by atomic mass is 10.2. The molecule has 98 valence electrons. The summed E-state index contributed by atoms with van der Waals surface area (Å²) in [5, 5.41) is 0. The summed E-state index contributed by atoms with van der Waals surface area (Å²) in [4.78, 5) is 4.14. The normalized spacial score (nSPS) is 10.2. The SMILES string of the molecule is c1ccc(C[n+]2ccncc2Oc2ccccc2)cc1. The molecule has 0 aliphatic heterocycles. The van der Waals surface area contributed by atoms with Crippen LogP contribution in [0.1, 0.15) is 5.56 Å². The zero-order valence-electron chi connectivity index (χ0n) is 11.0. The molecule has 3 heteroatoms. The van der Waals surface area contributed by atoms with Gasteiger partial charge in [0, 0.05) is 5.56 Å². The minimum Gasteiger partial charge on any atom is -0.404 e. The van der Waals surface area contributed by atoms with E-state index in [1.165, 1.54) is 5.56 Å². The highest BCUT2D eigenvalue weighted by atomic mass is 16.5. The minimum atomic E-state index is 0.725. The van der Waals surface area contributed by atoms with Gasteiger partial charge in [0.25, 0.3) is 0 Å². The molecule has 0 saturated carbocycles. The number of hydrogen-bond donors (Lipinski definition) is 0. The smallest absolute Gasteiger partial charge is 0.392 e. The van der Waals surface area contributed by atoms with E-state index in [0.717, 1.165) is 18.2 Å². The van der Waals surface area contributed by atoms with Crippen molar-refractivity contribution in [2.75, 3.05) is 0 Å². The number of ether oxygens (including phenoxy) is 1. The first-order valence-electron chi connectivity index (χ1n) is 6.52. The van der Waals surface area contributed by atoms with Gasteiger partial charge in [0.05, 0.1) is 6.20 Å². The van der Waals surface area contributed by atoms with Gasteiger partial charge in [-0.3, -0.25) is 0 Å². The summed E-state index contributed by atoms with van der Waals surface area (Å²) >= 11 is 0. The van der Waals surface area contributed by atoms with Crippen molar-refractivity contribution in [1.82, 2.24) is 4.98 Å². The molecule has 1 heterocycles. The second-order valence-corrected chi connectivity index (χ2v) is 4.44. The van der Waals surface area contributed by atoms with Crippen molar-refractivity contribution in [2.24, 2.45) is 0 Å². The first-order valence-corrected chi connectivity index (χ1v) is 6.52. The Balaban J connectivity index is 1.85. The second-order valence-electron chi connectivity index (χ2n) is 4.44. The van der Waals surface area contributed by atoms with Crippen molar-refractivity contribution in [3.63, 3.8) is 0 Å². The highest BCUT2D eigenvalue weighted by Crippen LogP contribution is 2.16. The van der Waals surface area contributed by atoms with Gasteiger partial charge in [0.1, 0.15) is 11.9 Å². The van der Waals surface area contributed by atoms with Crippen molar-refractivity contribution in [3.05, 3.63) is 84.8 Å². The standard InChI is InChI=1S/C17H15N2O/c1-3-7-15(8-4-1)14-19-12-11-18-13-17(19)20-16-9-5-2-6-10-16/h1-13H,14H2/q+1. The molecule has 0 aliphatic rings. The third-order valence-corrected chi connectivity index (χ3v) is 2.96. The zero-order valence-corrected chi connectivity index (χ0v) is 11.0. The summed E-state index contributed by atoms with van der Waals surface area (Å²) in [6.07, 6.45) is 5.42. The van der Waals surface area contributed by atoms with Gasteiger partial charge in [-0.15, -0.1) is 0 Å². The molecule has 3 rings (SSSR count). The lowest BCUT2D eigenvalue weighted by Gasteiger charge is -2.05. The Hall–Kier alpha value is -2.68. The van der Waals surface area contributed by atoms with Crippen LogP contribution in [0.4, 0.5) is 0 Å². The maximum absolute atomic E-state index is 5.88. The molecule has 0 spiro atoms. The van der Waals surface area contributed by atoms with Crippen LogP contribution in [0.2, 0.25) is 0 Å². The summed E-state index contributed by atoms with van der Waals surface area (Å²) in [6, 6.07) is 20.0. The molecule has 0 unspecified atom stereocenters. The fourth-order valence-electron chi connectivity index (χ4n) is 1.98. The number of aromatic nitrogens is 2. The number of hydrogen-bond acceptors (Lipinski definition) is 2. The minimum absolute atomic E-state index is 0.725. The number of nitrogens with zero attached hydrogens (tertiary/aromatic N) is 2. The van der Waals surface area contributed by atoms with Crippen molar-refractivity contribution in [1.29, 1.82) is 0 Å². The topological polar surface area (TPSA) is 26.0 Å². The summed E-state index contributed by atoms with van der Waals surface area (Å²) in [7, 11) is 0. The molecule has 0 bridgehead atoms. The fraction of sp³-hybridized carbons (Fsp3) is 0.0588. The second kappa shape index (κ2) is 5.97. The van der Waals surface area contributed by atoms with Gasteiger partial charge in [-0.1, -0.05) is 48.5 Å². The van der Waals surface area contributed by atoms with Gasteiger partial charge in [-0.25, -0.2) is 4.98 Å². The molecule has 20 heavy (non-hydrogen) atoms. The van der Waals surface area contributed by atoms with Crippen molar-refractivity contribution in [2.45, 2.75) is 6.54 Å². The van der Waals surface area contributed by atoms with E-state index in [0.29, 0.717) is 0 Å². The predicted molar refractivity (Wildman–Crippen MR) is 76.5 cm³/mol. The zero-order chi connectivity index (χ0) is 13.6. The predicted octanol–water partition coefficient (Wildman–Crippen LogP) is 3.21. The monoisotopic (exact) mass is 263 g/mol. The Morgan fingerprint density at radius 3 is 2.35 bits per heavy atom. The molecule has 3 aromatic rings. The Labute approximate surface area is 118 Å². The van der Waals surface area contributed by atoms with Gasteiger partial charge in [0.15, 0.2) is 12.7 Å². The largest absolute Gasteiger partial charge is 0.404 e. The van der Waals surface area contributed by atoms with E-state index in [2.05, 4.69) is 17.1 Å². The summed E-state index contributed by atoms with van der Waals surface area (Å²) in [5.74, 6) is 1.53. The molecule has 0 aliphatic carbocycles. The van der Waals surface area contributed by atoms with Crippen LogP contribution in [0.3, 0.4) is 0 Å². The van der Waals surface area contributed by atoms with Crippen LogP contribution >= 0.6 is 0 Å². The third-order valence-electron chi connectivity index (χ3n) is 2.96. The van der Waals surface area contributed by atoms with Crippen molar-refractivity contribution < 1.29 is 9.30 Å². The first kappa shape index (κ1) is 12.4. The van der Waals surface area contributed by atoms with Crippen LogP contribution in [-0.2, 0) is 6.54 Å². The van der Waals surface area contributed by atoms with E-state index in [9.17, 15) is 0 Å². The van der Waals surface area contributed by atoms with Crippen LogP contribution in [0.25, 0.3) is 0 Å². The van der Waals surface area contributed by atoms with E-state index in [1.807, 2.05) is 59.3 Å². The van der Waals surface area contributed by atoms with Gasteiger partial charge >= 0.3 is 5.88 Å². The van der Waals surface area contributed by atoms with E-state index in [-0.39, 0.29) is 0 Å². The molecule has 2 aromatic carbocycles. The summed E-state index contributed by atoms with van der Waals surface area (Å²) in [5.41, 5.74) is 1.22. The molecular formula is C17H15N2O+. The summed E-state index contributed by atoms with van der Waals surface area (Å²) < 4.78 is 7.92. The average molecular weight is 263 g/mol. The van der Waals surface area contributed by atoms with E-state index < -0.39 is 0 Å². The molecular weight excluding hydrogens is 248 g/mol. The molecule has 3 nitrogen and oxygen atoms in total. The quantitative estimate of drug-likeness (QED) is 0.676. The Morgan fingerprint density at radius 2 is 1.60 bits per heavy atom. The third kappa shape index (κ3) is 3.01. The molecule has 1 aromatic heterocycles. The number of rotatable bonds is 4. The molecule has 0 fully saturated rings. The fourth-order valence-corrected chi connectivity index (χ4v) is 1.98. The first-order chi connectivity index (χ1) is 9.92. The van der Waals surface area contributed by atoms with Crippen LogP contribution in [0, 0.1) is 0 Å². The number of benzene rings is 2. The van der Waals surface area contributed by atoms with Crippen LogP contribution in [0.5, 0.6) is 11.6 Å². The number of para-hydroxylation sites is 1. The Morgan fingerprint density at radius 1 is 0.900 bits per heavy atom. The van der Waals surface area contributed by atoms with E-state index >= 15 is 0 Å². The van der Waals surface area contributed by atoms with Gasteiger partial charge in [0.2, 0.25) is 0 Å². The maximum Gasteiger partial charge on any atom is 0.392 e. The average Bonchev–Trinajstić information content (AvgIpc) is 2.51. The Bertz CT molecular complexity index is 608. The highest BCUT2D eigenvalue weighted by molar-refractivity contribution is 5.24. The molecule has 0 saturated heterocycles. The molecule has 0 N–H and O–H groups in total. The maximum atomic E-state index is 5.88. The lowest BCUT2D eigenvalue weighted by Crippen LogP contribution is -2.35. The molecule has 0 amide bonds. The molecule has 0 radical (unpaired) electrons. The van der Waals surface area contributed by atoms with Crippen molar-refractivity contribution in [3.8, 4) is 11.6 Å². The van der Waals surface area contributed by atoms with Crippen molar-refractivity contribution >= 4 is 0 Å². The summed E-state index contributed by atoms with van der Waals surface area (Å²) in [6.45, 7) is 0.755. The lowest BCUT2D eigenvalue weighted by molar-refractivity contribution is -0.692. The highest BCUT2D eigenvalue weighted by Gasteiger charge is 2.13. The van der Waals surface area contributed by atoms with E-state index in [4.69, 9.17) is 4.74 Å². The van der Waals surface area contributed by atoms with Gasteiger partial charge in [-0.05, 0) is 12.1 Å². The van der Waals surface area contributed by atoms with E-state index in [1.54, 1.807) is 12.4 Å². The molecule has 0 atom stereocenters. The van der Waals surface area contributed by atoms with Gasteiger partial charge in [-0.2, -0.15) is 4.57 Å². The Kier molecular flexibility index (Phi) is 3.69. The van der Waals surface area contributed by atoms with Crippen LogP contribution in [-0.4, -0.2) is 4.98 Å². The van der Waals surface area contributed by atoms with Crippen LogP contribution in [0.15, 0.2) is 79.3 Å². The van der Waals surface area contributed by atoms with Gasteiger partial charge < -0.3 is 4.74 Å². The van der Waals surface area contributed by atoms with Crippen LogP contribution < -0.4 is 9.30 Å².